The highest BCUT2D eigenvalue weighted by atomic mass is 16.5. The summed E-state index contributed by atoms with van der Waals surface area (Å²) in [6.45, 7) is 0.782. The van der Waals surface area contributed by atoms with Crippen molar-refractivity contribution in [2.24, 2.45) is 0 Å². The molecule has 92 valence electrons. The van der Waals surface area contributed by atoms with E-state index in [1.165, 1.54) is 0 Å². The van der Waals surface area contributed by atoms with Crippen LogP contribution in [0.25, 0.3) is 0 Å². The molecule has 1 heterocycles. The van der Waals surface area contributed by atoms with Crippen LogP contribution >= 0.6 is 0 Å². The van der Waals surface area contributed by atoms with Crippen molar-refractivity contribution in [1.29, 1.82) is 0 Å². The van der Waals surface area contributed by atoms with Crippen LogP contribution in [0.3, 0.4) is 0 Å². The second kappa shape index (κ2) is 5.64. The molecule has 0 aromatic carbocycles. The summed E-state index contributed by atoms with van der Waals surface area (Å²) in [7, 11) is 0. The number of ether oxygens (including phenoxy) is 1. The van der Waals surface area contributed by atoms with Gasteiger partial charge >= 0.3 is 0 Å². The van der Waals surface area contributed by atoms with Crippen LogP contribution in [-0.4, -0.2) is 35.9 Å². The number of nitrogens with one attached hydrogen (secondary N) is 1. The van der Waals surface area contributed by atoms with E-state index in [1.807, 2.05) is 0 Å². The molecule has 2 rings (SSSR count). The highest BCUT2D eigenvalue weighted by Crippen LogP contribution is 2.19. The Bertz CT molecular complexity index is 238. The molecule has 4 nitrogen and oxygen atoms in total. The molecule has 2 fully saturated rings. The standard InChI is InChI=1S/C12H21NO3/c14-11-6-2-1-5-10(11)13-12(15)8-9-4-3-7-16-9/h9-11,14H,1-8H2,(H,13,15)/t9?,10-,11-/m0/s1. The zero-order chi connectivity index (χ0) is 11.4. The third-order valence-electron chi connectivity index (χ3n) is 3.51. The van der Waals surface area contributed by atoms with Gasteiger partial charge in [0.1, 0.15) is 0 Å². The first-order chi connectivity index (χ1) is 7.75. The third-order valence-corrected chi connectivity index (χ3v) is 3.51. The molecule has 1 aliphatic heterocycles. The van der Waals surface area contributed by atoms with Crippen molar-refractivity contribution in [1.82, 2.24) is 5.32 Å². The second-order valence-corrected chi connectivity index (χ2v) is 4.86. The number of carbonyl (C=O) groups is 1. The highest BCUT2D eigenvalue weighted by molar-refractivity contribution is 5.76. The van der Waals surface area contributed by atoms with Gasteiger partial charge in [0.15, 0.2) is 0 Å². The Labute approximate surface area is 96.4 Å². The van der Waals surface area contributed by atoms with E-state index in [0.29, 0.717) is 6.42 Å². The maximum atomic E-state index is 11.7. The van der Waals surface area contributed by atoms with E-state index in [4.69, 9.17) is 4.74 Å². The molecule has 16 heavy (non-hydrogen) atoms. The first-order valence-electron chi connectivity index (χ1n) is 6.35. The maximum Gasteiger partial charge on any atom is 0.222 e. The van der Waals surface area contributed by atoms with Gasteiger partial charge in [-0.15, -0.1) is 0 Å². The summed E-state index contributed by atoms with van der Waals surface area (Å²) in [5.41, 5.74) is 0. The van der Waals surface area contributed by atoms with Crippen LogP contribution in [0.5, 0.6) is 0 Å². The Morgan fingerprint density at radius 3 is 2.75 bits per heavy atom. The van der Waals surface area contributed by atoms with Gasteiger partial charge in [0.2, 0.25) is 5.91 Å². The lowest BCUT2D eigenvalue weighted by molar-refractivity contribution is -0.125. The van der Waals surface area contributed by atoms with Crippen LogP contribution < -0.4 is 5.32 Å². The molecule has 2 aliphatic rings. The molecular formula is C12H21NO3. The fourth-order valence-electron chi connectivity index (χ4n) is 2.56. The largest absolute Gasteiger partial charge is 0.391 e. The molecule has 1 amide bonds. The number of amides is 1. The quantitative estimate of drug-likeness (QED) is 0.755. The number of carbonyl (C=O) groups excluding carboxylic acids is 1. The van der Waals surface area contributed by atoms with Crippen LogP contribution in [0.15, 0.2) is 0 Å². The molecule has 0 spiro atoms. The van der Waals surface area contributed by atoms with E-state index in [0.717, 1.165) is 45.1 Å². The van der Waals surface area contributed by atoms with E-state index in [-0.39, 0.29) is 24.2 Å². The molecule has 1 saturated heterocycles. The molecule has 0 radical (unpaired) electrons. The first-order valence-corrected chi connectivity index (χ1v) is 6.35. The molecule has 1 saturated carbocycles. The van der Waals surface area contributed by atoms with Gasteiger partial charge in [0.25, 0.3) is 0 Å². The van der Waals surface area contributed by atoms with Gasteiger partial charge in [-0.3, -0.25) is 4.79 Å². The summed E-state index contributed by atoms with van der Waals surface area (Å²) in [6.07, 6.45) is 6.11. The van der Waals surface area contributed by atoms with Crippen LogP contribution in [0.1, 0.15) is 44.9 Å². The Hall–Kier alpha value is -0.610. The van der Waals surface area contributed by atoms with Crippen molar-refractivity contribution in [3.05, 3.63) is 0 Å². The van der Waals surface area contributed by atoms with Crippen molar-refractivity contribution in [3.63, 3.8) is 0 Å². The van der Waals surface area contributed by atoms with E-state index >= 15 is 0 Å². The third kappa shape index (κ3) is 3.19. The SMILES string of the molecule is O=C(CC1CCCO1)N[C@H]1CCCC[C@@H]1O. The average molecular weight is 227 g/mol. The zero-order valence-corrected chi connectivity index (χ0v) is 9.65. The molecule has 4 heteroatoms. The van der Waals surface area contributed by atoms with Crippen molar-refractivity contribution in [2.45, 2.75) is 63.2 Å². The van der Waals surface area contributed by atoms with E-state index in [9.17, 15) is 9.90 Å². The van der Waals surface area contributed by atoms with Gasteiger partial charge in [-0.05, 0) is 25.7 Å². The van der Waals surface area contributed by atoms with Gasteiger partial charge in [-0.25, -0.2) is 0 Å². The molecule has 1 aliphatic carbocycles. The fraction of sp³-hybridized carbons (Fsp3) is 0.917. The Morgan fingerprint density at radius 2 is 2.06 bits per heavy atom. The molecule has 0 aromatic heterocycles. The van der Waals surface area contributed by atoms with Crippen molar-refractivity contribution in [2.75, 3.05) is 6.61 Å². The highest BCUT2D eigenvalue weighted by Gasteiger charge is 2.26. The summed E-state index contributed by atoms with van der Waals surface area (Å²) in [5, 5.41) is 12.7. The molecular weight excluding hydrogens is 206 g/mol. The minimum absolute atomic E-state index is 0.0258. The minimum atomic E-state index is -0.359. The average Bonchev–Trinajstić information content (AvgIpc) is 2.74. The van der Waals surface area contributed by atoms with Crippen LogP contribution in [0.4, 0.5) is 0 Å². The smallest absolute Gasteiger partial charge is 0.222 e. The van der Waals surface area contributed by atoms with Gasteiger partial charge in [-0.2, -0.15) is 0 Å². The number of hydrogen-bond acceptors (Lipinski definition) is 3. The lowest BCUT2D eigenvalue weighted by Crippen LogP contribution is -2.45. The van der Waals surface area contributed by atoms with Gasteiger partial charge in [-0.1, -0.05) is 12.8 Å². The van der Waals surface area contributed by atoms with Crippen molar-refractivity contribution < 1.29 is 14.6 Å². The predicted octanol–water partition coefficient (Wildman–Crippen LogP) is 0.975. The Kier molecular flexibility index (Phi) is 4.18. The Balaban J connectivity index is 1.72. The van der Waals surface area contributed by atoms with Crippen LogP contribution in [0, 0.1) is 0 Å². The zero-order valence-electron chi connectivity index (χ0n) is 9.65. The summed E-state index contributed by atoms with van der Waals surface area (Å²) in [6, 6.07) is -0.0392. The predicted molar refractivity (Wildman–Crippen MR) is 60.0 cm³/mol. The van der Waals surface area contributed by atoms with Gasteiger partial charge in [0.05, 0.1) is 24.7 Å². The first kappa shape index (κ1) is 11.9. The fourth-order valence-corrected chi connectivity index (χ4v) is 2.56. The van der Waals surface area contributed by atoms with Crippen molar-refractivity contribution in [3.8, 4) is 0 Å². The van der Waals surface area contributed by atoms with E-state index < -0.39 is 0 Å². The summed E-state index contributed by atoms with van der Waals surface area (Å²) >= 11 is 0. The topological polar surface area (TPSA) is 58.6 Å². The number of aliphatic hydroxyl groups excluding tert-OH is 1. The molecule has 0 bridgehead atoms. The summed E-state index contributed by atoms with van der Waals surface area (Å²) in [5.74, 6) is 0.0258. The van der Waals surface area contributed by atoms with Gasteiger partial charge in [0, 0.05) is 6.61 Å². The van der Waals surface area contributed by atoms with Crippen LogP contribution in [0.2, 0.25) is 0 Å². The van der Waals surface area contributed by atoms with Crippen molar-refractivity contribution >= 4 is 5.91 Å². The number of aliphatic hydroxyl groups is 1. The minimum Gasteiger partial charge on any atom is -0.391 e. The second-order valence-electron chi connectivity index (χ2n) is 4.86. The normalized spacial score (nSPS) is 34.9. The maximum absolute atomic E-state index is 11.7. The number of rotatable bonds is 3. The molecule has 3 atom stereocenters. The number of hydrogen-bond donors (Lipinski definition) is 2. The summed E-state index contributed by atoms with van der Waals surface area (Å²) < 4.78 is 5.42. The summed E-state index contributed by atoms with van der Waals surface area (Å²) in [4.78, 5) is 11.7. The molecule has 1 unspecified atom stereocenters. The lowest BCUT2D eigenvalue weighted by Gasteiger charge is -2.28. The lowest BCUT2D eigenvalue weighted by atomic mass is 9.92. The Morgan fingerprint density at radius 1 is 1.25 bits per heavy atom. The molecule has 0 aromatic rings. The van der Waals surface area contributed by atoms with E-state index in [1.54, 1.807) is 0 Å². The van der Waals surface area contributed by atoms with E-state index in [2.05, 4.69) is 5.32 Å². The van der Waals surface area contributed by atoms with Gasteiger partial charge < -0.3 is 15.2 Å². The van der Waals surface area contributed by atoms with Crippen LogP contribution in [-0.2, 0) is 9.53 Å². The monoisotopic (exact) mass is 227 g/mol. The molecule has 2 N–H and O–H groups in total.